The van der Waals surface area contributed by atoms with Crippen LogP contribution in [0.5, 0.6) is 0 Å². The summed E-state index contributed by atoms with van der Waals surface area (Å²) < 4.78 is 0. The minimum absolute atomic E-state index is 0.0273. The van der Waals surface area contributed by atoms with Crippen LogP contribution in [0.2, 0.25) is 0 Å². The van der Waals surface area contributed by atoms with Gasteiger partial charge in [0.15, 0.2) is 0 Å². The van der Waals surface area contributed by atoms with E-state index in [1.54, 1.807) is 17.8 Å². The molecule has 1 aliphatic carbocycles. The van der Waals surface area contributed by atoms with E-state index in [9.17, 15) is 4.79 Å². The molecule has 0 atom stereocenters. The number of thioether (sulfide) groups is 1. The Labute approximate surface area is 152 Å². The number of nitrogens with one attached hydrogen (secondary N) is 1. The molecule has 1 N–H and O–H groups in total. The summed E-state index contributed by atoms with van der Waals surface area (Å²) in [6.07, 6.45) is 4.52. The smallest absolute Gasteiger partial charge is 0.249 e. The number of aromatic nitrogens is 1. The fourth-order valence-corrected chi connectivity index (χ4v) is 4.68. The molecule has 0 bridgehead atoms. The average Bonchev–Trinajstić information content (AvgIpc) is 2.67. The Balaban J connectivity index is 1.63. The lowest BCUT2D eigenvalue weighted by Gasteiger charge is -2.18. The van der Waals surface area contributed by atoms with E-state index >= 15 is 0 Å². The molecule has 1 aliphatic rings. The maximum atomic E-state index is 12.0. The van der Waals surface area contributed by atoms with Crippen LogP contribution in [0.1, 0.15) is 29.5 Å². The summed E-state index contributed by atoms with van der Waals surface area (Å²) in [7, 11) is 0. The van der Waals surface area contributed by atoms with Crippen LogP contribution in [0.15, 0.2) is 70.5 Å². The third kappa shape index (κ3) is 3.57. The van der Waals surface area contributed by atoms with Crippen LogP contribution >= 0.6 is 11.8 Å². The lowest BCUT2D eigenvalue weighted by molar-refractivity contribution is 0.665. The number of rotatable bonds is 4. The van der Waals surface area contributed by atoms with Gasteiger partial charge in [-0.05, 0) is 53.5 Å². The van der Waals surface area contributed by atoms with Crippen molar-refractivity contribution >= 4 is 11.8 Å². The van der Waals surface area contributed by atoms with E-state index < -0.39 is 0 Å². The van der Waals surface area contributed by atoms with Gasteiger partial charge in [-0.3, -0.25) is 4.79 Å². The Kier molecular flexibility index (Phi) is 4.75. The molecular weight excluding hydrogens is 326 g/mol. The Morgan fingerprint density at radius 2 is 1.68 bits per heavy atom. The Bertz CT molecular complexity index is 930. The predicted octanol–water partition coefficient (Wildman–Crippen LogP) is 5.21. The third-order valence-corrected chi connectivity index (χ3v) is 5.89. The molecule has 0 unspecified atom stereocenters. The van der Waals surface area contributed by atoms with Gasteiger partial charge >= 0.3 is 0 Å². The first kappa shape index (κ1) is 16.2. The zero-order valence-electron chi connectivity index (χ0n) is 14.1. The minimum atomic E-state index is 0.0273. The van der Waals surface area contributed by atoms with Gasteiger partial charge in [0.1, 0.15) is 0 Å². The van der Waals surface area contributed by atoms with Crippen LogP contribution in [0.4, 0.5) is 0 Å². The average molecular weight is 347 g/mol. The molecule has 2 aromatic carbocycles. The fourth-order valence-electron chi connectivity index (χ4n) is 3.55. The maximum absolute atomic E-state index is 12.0. The van der Waals surface area contributed by atoms with E-state index in [1.165, 1.54) is 40.7 Å². The molecular formula is C22H21NOS. The van der Waals surface area contributed by atoms with Crippen molar-refractivity contribution in [3.05, 3.63) is 87.7 Å². The lowest BCUT2D eigenvalue weighted by Crippen LogP contribution is -2.14. The predicted molar refractivity (Wildman–Crippen MR) is 105 cm³/mol. The molecule has 1 heterocycles. The Hall–Kier alpha value is -2.26. The normalized spacial score (nSPS) is 13.4. The van der Waals surface area contributed by atoms with Gasteiger partial charge in [-0.1, -0.05) is 54.6 Å². The second-order valence-electron chi connectivity index (χ2n) is 6.49. The van der Waals surface area contributed by atoms with Crippen molar-refractivity contribution in [2.75, 3.05) is 0 Å². The number of H-pyrrole nitrogens is 1. The first-order chi connectivity index (χ1) is 12.3. The van der Waals surface area contributed by atoms with Gasteiger partial charge in [0.25, 0.3) is 0 Å². The topological polar surface area (TPSA) is 32.9 Å². The van der Waals surface area contributed by atoms with Gasteiger partial charge in [0.2, 0.25) is 5.56 Å². The van der Waals surface area contributed by atoms with E-state index in [-0.39, 0.29) is 5.56 Å². The Morgan fingerprint density at radius 1 is 0.920 bits per heavy atom. The van der Waals surface area contributed by atoms with Crippen molar-refractivity contribution < 1.29 is 0 Å². The van der Waals surface area contributed by atoms with E-state index in [1.807, 2.05) is 6.07 Å². The van der Waals surface area contributed by atoms with Crippen molar-refractivity contribution in [2.45, 2.75) is 36.5 Å². The monoisotopic (exact) mass is 347 g/mol. The van der Waals surface area contributed by atoms with Crippen molar-refractivity contribution in [1.82, 2.24) is 4.98 Å². The highest BCUT2D eigenvalue weighted by atomic mass is 32.2. The maximum Gasteiger partial charge on any atom is 0.249 e. The molecule has 126 valence electrons. The van der Waals surface area contributed by atoms with E-state index in [2.05, 4.69) is 53.5 Å². The molecule has 0 fully saturated rings. The molecule has 1 aromatic heterocycles. The van der Waals surface area contributed by atoms with Crippen molar-refractivity contribution in [3.63, 3.8) is 0 Å². The Morgan fingerprint density at radius 3 is 2.56 bits per heavy atom. The zero-order valence-corrected chi connectivity index (χ0v) is 14.9. The van der Waals surface area contributed by atoms with Gasteiger partial charge in [-0.15, -0.1) is 11.8 Å². The standard InChI is InChI=1S/C22H21NOS/c24-21-14-17-10-4-7-13-20(17)22(23-21)25-15-18-11-5-6-12-19(18)16-8-2-1-3-9-16/h1-3,5-6,8-9,11-12,14H,4,7,10,13,15H2,(H,23,24). The van der Waals surface area contributed by atoms with Gasteiger partial charge in [0.05, 0.1) is 5.03 Å². The van der Waals surface area contributed by atoms with Gasteiger partial charge in [0, 0.05) is 11.8 Å². The van der Waals surface area contributed by atoms with Crippen molar-refractivity contribution in [3.8, 4) is 11.1 Å². The summed E-state index contributed by atoms with van der Waals surface area (Å²) in [5.74, 6) is 0.859. The SMILES string of the molecule is O=c1cc2c(c(SCc3ccccc3-c3ccccc3)[nH]1)CCCC2. The zero-order chi connectivity index (χ0) is 17.1. The van der Waals surface area contributed by atoms with E-state index in [0.717, 1.165) is 23.6 Å². The number of hydrogen-bond acceptors (Lipinski definition) is 2. The number of pyridine rings is 1. The highest BCUT2D eigenvalue weighted by Gasteiger charge is 2.15. The third-order valence-electron chi connectivity index (χ3n) is 4.80. The van der Waals surface area contributed by atoms with Crippen molar-refractivity contribution in [1.29, 1.82) is 0 Å². The first-order valence-electron chi connectivity index (χ1n) is 8.82. The number of aromatic amines is 1. The molecule has 0 amide bonds. The number of benzene rings is 2. The van der Waals surface area contributed by atoms with Gasteiger partial charge < -0.3 is 4.98 Å². The second-order valence-corrected chi connectivity index (χ2v) is 7.47. The molecule has 0 aliphatic heterocycles. The second kappa shape index (κ2) is 7.32. The lowest BCUT2D eigenvalue weighted by atomic mass is 9.93. The van der Waals surface area contributed by atoms with Crippen molar-refractivity contribution in [2.24, 2.45) is 0 Å². The quantitative estimate of drug-likeness (QED) is 0.657. The largest absolute Gasteiger partial charge is 0.317 e. The van der Waals surface area contributed by atoms with Crippen LogP contribution in [-0.4, -0.2) is 4.98 Å². The highest BCUT2D eigenvalue weighted by Crippen LogP contribution is 2.33. The van der Waals surface area contributed by atoms with Crippen LogP contribution in [-0.2, 0) is 18.6 Å². The highest BCUT2D eigenvalue weighted by molar-refractivity contribution is 7.98. The number of aryl methyl sites for hydroxylation is 1. The molecule has 0 saturated heterocycles. The minimum Gasteiger partial charge on any atom is -0.317 e. The van der Waals surface area contributed by atoms with Crippen LogP contribution in [0.25, 0.3) is 11.1 Å². The molecule has 0 saturated carbocycles. The molecule has 3 heteroatoms. The first-order valence-corrected chi connectivity index (χ1v) is 9.81. The summed E-state index contributed by atoms with van der Waals surface area (Å²) in [5.41, 5.74) is 6.43. The van der Waals surface area contributed by atoms with E-state index in [0.29, 0.717) is 0 Å². The molecule has 4 rings (SSSR count). The summed E-state index contributed by atoms with van der Waals surface area (Å²) in [5, 5.41) is 1.06. The summed E-state index contributed by atoms with van der Waals surface area (Å²) >= 11 is 1.76. The van der Waals surface area contributed by atoms with Gasteiger partial charge in [-0.25, -0.2) is 0 Å². The number of fused-ring (bicyclic) bond motifs is 1. The molecule has 25 heavy (non-hydrogen) atoms. The molecule has 0 radical (unpaired) electrons. The molecule has 2 nitrogen and oxygen atoms in total. The summed E-state index contributed by atoms with van der Waals surface area (Å²) in [4.78, 5) is 15.1. The fraction of sp³-hybridized carbons (Fsp3) is 0.227. The number of hydrogen-bond donors (Lipinski definition) is 1. The van der Waals surface area contributed by atoms with Crippen LogP contribution in [0, 0.1) is 0 Å². The summed E-state index contributed by atoms with van der Waals surface area (Å²) in [6.45, 7) is 0. The van der Waals surface area contributed by atoms with Gasteiger partial charge in [-0.2, -0.15) is 0 Å². The van der Waals surface area contributed by atoms with E-state index in [4.69, 9.17) is 0 Å². The molecule has 3 aromatic rings. The van der Waals surface area contributed by atoms with Crippen LogP contribution in [0.3, 0.4) is 0 Å². The summed E-state index contributed by atoms with van der Waals surface area (Å²) in [6, 6.07) is 20.8. The van der Waals surface area contributed by atoms with Crippen LogP contribution < -0.4 is 5.56 Å². The molecule has 0 spiro atoms.